The van der Waals surface area contributed by atoms with Gasteiger partial charge in [0.15, 0.2) is 0 Å². The Morgan fingerprint density at radius 3 is 2.02 bits per heavy atom. The summed E-state index contributed by atoms with van der Waals surface area (Å²) < 4.78 is 0. The maximum absolute atomic E-state index is 13.5. The summed E-state index contributed by atoms with van der Waals surface area (Å²) in [5.41, 5.74) is 2.85. The van der Waals surface area contributed by atoms with Crippen LogP contribution in [0.4, 0.5) is 0 Å². The molecule has 0 aliphatic rings. The zero-order chi connectivity index (χ0) is 29.4. The van der Waals surface area contributed by atoms with Crippen molar-refractivity contribution in [2.75, 3.05) is 0 Å². The third-order valence-electron chi connectivity index (χ3n) is 6.90. The molecule has 3 unspecified atom stereocenters. The van der Waals surface area contributed by atoms with Crippen LogP contribution in [0.25, 0.3) is 10.9 Å². The molecule has 0 spiro atoms. The lowest BCUT2D eigenvalue weighted by Gasteiger charge is -2.26. The van der Waals surface area contributed by atoms with Crippen molar-refractivity contribution < 1.29 is 24.3 Å². The second kappa shape index (κ2) is 13.4. The van der Waals surface area contributed by atoms with Crippen LogP contribution in [0.1, 0.15) is 35.3 Å². The van der Waals surface area contributed by atoms with E-state index in [9.17, 15) is 24.3 Å². The molecule has 5 N–H and O–H groups in total. The Balaban J connectivity index is 1.49. The maximum atomic E-state index is 13.5. The van der Waals surface area contributed by atoms with Crippen LogP contribution in [0.3, 0.4) is 0 Å². The highest BCUT2D eigenvalue weighted by molar-refractivity contribution is 5.98. The first-order valence-electron chi connectivity index (χ1n) is 13.5. The van der Waals surface area contributed by atoms with E-state index in [0.29, 0.717) is 5.56 Å². The first-order valence-corrected chi connectivity index (χ1v) is 13.5. The van der Waals surface area contributed by atoms with E-state index in [1.807, 2.05) is 54.6 Å². The Bertz CT molecular complexity index is 1500. The van der Waals surface area contributed by atoms with Crippen molar-refractivity contribution >= 4 is 34.6 Å². The van der Waals surface area contributed by atoms with Crippen LogP contribution >= 0.6 is 0 Å². The number of nitrogens with one attached hydrogen (secondary N) is 4. The number of rotatable bonds is 12. The summed E-state index contributed by atoms with van der Waals surface area (Å²) in [6.45, 7) is 3.52. The molecule has 0 fully saturated rings. The van der Waals surface area contributed by atoms with Gasteiger partial charge in [0.1, 0.15) is 18.1 Å². The van der Waals surface area contributed by atoms with E-state index in [2.05, 4.69) is 20.9 Å². The molecule has 3 atom stereocenters. The number of carbonyl (C=O) groups excluding carboxylic acids is 3. The highest BCUT2D eigenvalue weighted by atomic mass is 16.4. The lowest BCUT2D eigenvalue weighted by molar-refractivity contribution is -0.142. The van der Waals surface area contributed by atoms with Gasteiger partial charge in [-0.15, -0.1) is 0 Å². The van der Waals surface area contributed by atoms with Crippen molar-refractivity contribution in [1.29, 1.82) is 0 Å². The standard InChI is InChI=1S/C32H34N4O5/c1-20(2)28(31(39)35-27(32(40)41)18-23-19-33-25-16-10-9-15-24(23)25)36-30(38)26(17-21-11-5-3-6-12-21)34-29(37)22-13-7-4-8-14-22/h3-16,19-20,26-28,33H,17-18H2,1-2H3,(H,34,37)(H,35,39)(H,36,38)(H,40,41). The second-order valence-corrected chi connectivity index (χ2v) is 10.3. The predicted octanol–water partition coefficient (Wildman–Crippen LogP) is 3.46. The smallest absolute Gasteiger partial charge is 0.326 e. The van der Waals surface area contributed by atoms with Gasteiger partial charge in [-0.05, 0) is 35.2 Å². The van der Waals surface area contributed by atoms with Crippen molar-refractivity contribution in [3.63, 3.8) is 0 Å². The van der Waals surface area contributed by atoms with E-state index in [1.54, 1.807) is 50.4 Å². The van der Waals surface area contributed by atoms with Gasteiger partial charge < -0.3 is 26.0 Å². The minimum atomic E-state index is -1.21. The van der Waals surface area contributed by atoms with Crippen molar-refractivity contribution in [2.24, 2.45) is 5.92 Å². The third-order valence-corrected chi connectivity index (χ3v) is 6.90. The molecule has 212 valence electrons. The quantitative estimate of drug-likeness (QED) is 0.182. The van der Waals surface area contributed by atoms with Crippen LogP contribution in [0.2, 0.25) is 0 Å². The number of benzene rings is 3. The van der Waals surface area contributed by atoms with E-state index in [4.69, 9.17) is 0 Å². The second-order valence-electron chi connectivity index (χ2n) is 10.3. The van der Waals surface area contributed by atoms with Crippen LogP contribution in [-0.2, 0) is 27.2 Å². The zero-order valence-electron chi connectivity index (χ0n) is 23.0. The SMILES string of the molecule is CC(C)C(NC(=O)C(Cc1ccccc1)NC(=O)c1ccccc1)C(=O)NC(Cc1c[nH]c2ccccc12)C(=O)O. The minimum absolute atomic E-state index is 0.0631. The fourth-order valence-corrected chi connectivity index (χ4v) is 4.66. The lowest BCUT2D eigenvalue weighted by atomic mass is 9.99. The number of H-pyrrole nitrogens is 1. The van der Waals surface area contributed by atoms with E-state index in [1.165, 1.54) is 0 Å². The molecule has 3 amide bonds. The Labute approximate surface area is 238 Å². The molecule has 0 saturated heterocycles. The molecule has 0 aliphatic heterocycles. The molecule has 4 rings (SSSR count). The van der Waals surface area contributed by atoms with Gasteiger partial charge in [0.05, 0.1) is 0 Å². The molecule has 0 bridgehead atoms. The number of carboxylic acid groups (broad SMARTS) is 1. The van der Waals surface area contributed by atoms with Crippen molar-refractivity contribution in [3.8, 4) is 0 Å². The average molecular weight is 555 g/mol. The third kappa shape index (κ3) is 7.60. The topological polar surface area (TPSA) is 140 Å². The molecule has 1 heterocycles. The number of aromatic amines is 1. The summed E-state index contributed by atoms with van der Waals surface area (Å²) in [6.07, 6.45) is 2.00. The first kappa shape index (κ1) is 29.1. The van der Waals surface area contributed by atoms with Gasteiger partial charge in [0.2, 0.25) is 11.8 Å². The summed E-state index contributed by atoms with van der Waals surface area (Å²) in [4.78, 5) is 55.1. The lowest BCUT2D eigenvalue weighted by Crippen LogP contribution is -2.58. The van der Waals surface area contributed by atoms with Gasteiger partial charge in [-0.2, -0.15) is 0 Å². The normalized spacial score (nSPS) is 13.2. The van der Waals surface area contributed by atoms with Gasteiger partial charge in [-0.3, -0.25) is 14.4 Å². The number of fused-ring (bicyclic) bond motifs is 1. The molecule has 0 aliphatic carbocycles. The Morgan fingerprint density at radius 2 is 1.37 bits per heavy atom. The molecule has 0 saturated carbocycles. The van der Waals surface area contributed by atoms with E-state index in [0.717, 1.165) is 22.0 Å². The molecule has 9 nitrogen and oxygen atoms in total. The van der Waals surface area contributed by atoms with Crippen molar-refractivity contribution in [3.05, 3.63) is 108 Å². The molecule has 41 heavy (non-hydrogen) atoms. The molecule has 0 radical (unpaired) electrons. The van der Waals surface area contributed by atoms with Crippen LogP contribution in [-0.4, -0.2) is 51.9 Å². The molecule has 9 heteroatoms. The highest BCUT2D eigenvalue weighted by Gasteiger charge is 2.32. The summed E-state index contributed by atoms with van der Waals surface area (Å²) in [6, 6.07) is 22.1. The zero-order valence-corrected chi connectivity index (χ0v) is 23.0. The number of amides is 3. The summed E-state index contributed by atoms with van der Waals surface area (Å²) >= 11 is 0. The number of hydrogen-bond acceptors (Lipinski definition) is 4. The Morgan fingerprint density at radius 1 is 0.732 bits per heavy atom. The number of aromatic nitrogens is 1. The number of para-hydroxylation sites is 1. The van der Waals surface area contributed by atoms with Crippen LogP contribution in [0.5, 0.6) is 0 Å². The summed E-state index contributed by atoms with van der Waals surface area (Å²) in [5, 5.41) is 18.9. The molecular formula is C32H34N4O5. The number of aliphatic carboxylic acids is 1. The van der Waals surface area contributed by atoms with Gasteiger partial charge in [0.25, 0.3) is 5.91 Å². The van der Waals surface area contributed by atoms with Crippen LogP contribution in [0.15, 0.2) is 91.1 Å². The van der Waals surface area contributed by atoms with Gasteiger partial charge in [-0.1, -0.05) is 80.6 Å². The van der Waals surface area contributed by atoms with E-state index >= 15 is 0 Å². The molecular weight excluding hydrogens is 520 g/mol. The van der Waals surface area contributed by atoms with Gasteiger partial charge in [0, 0.05) is 35.5 Å². The fraction of sp³-hybridized carbons (Fsp3) is 0.250. The number of hydrogen-bond donors (Lipinski definition) is 5. The average Bonchev–Trinajstić information content (AvgIpc) is 3.38. The summed E-state index contributed by atoms with van der Waals surface area (Å²) in [5.74, 6) is -3.13. The van der Waals surface area contributed by atoms with Crippen LogP contribution < -0.4 is 16.0 Å². The van der Waals surface area contributed by atoms with Gasteiger partial charge in [-0.25, -0.2) is 4.79 Å². The van der Waals surface area contributed by atoms with Gasteiger partial charge >= 0.3 is 5.97 Å². The van der Waals surface area contributed by atoms with Crippen molar-refractivity contribution in [2.45, 2.75) is 44.8 Å². The molecule has 4 aromatic rings. The van der Waals surface area contributed by atoms with E-state index < -0.39 is 41.8 Å². The maximum Gasteiger partial charge on any atom is 0.326 e. The predicted molar refractivity (Wildman–Crippen MR) is 156 cm³/mol. The highest BCUT2D eigenvalue weighted by Crippen LogP contribution is 2.19. The monoisotopic (exact) mass is 554 g/mol. The van der Waals surface area contributed by atoms with Crippen molar-refractivity contribution in [1.82, 2.24) is 20.9 Å². The van der Waals surface area contributed by atoms with E-state index in [-0.39, 0.29) is 18.8 Å². The Kier molecular flexibility index (Phi) is 9.52. The fourth-order valence-electron chi connectivity index (χ4n) is 4.66. The molecule has 3 aromatic carbocycles. The Hall–Kier alpha value is -4.92. The minimum Gasteiger partial charge on any atom is -0.480 e. The first-order chi connectivity index (χ1) is 19.7. The van der Waals surface area contributed by atoms with Crippen LogP contribution in [0, 0.1) is 5.92 Å². The molecule has 1 aromatic heterocycles. The number of carboxylic acids is 1. The summed E-state index contributed by atoms with van der Waals surface area (Å²) in [7, 11) is 0. The largest absolute Gasteiger partial charge is 0.480 e. The number of carbonyl (C=O) groups is 4.